The molecule has 6 heteroatoms. The van der Waals surface area contributed by atoms with Crippen molar-refractivity contribution >= 4 is 17.9 Å². The summed E-state index contributed by atoms with van der Waals surface area (Å²) in [7, 11) is 3.15. The van der Waals surface area contributed by atoms with E-state index in [0.29, 0.717) is 37.6 Å². The quantitative estimate of drug-likeness (QED) is 0.699. The molecule has 1 fully saturated rings. The lowest BCUT2D eigenvalue weighted by atomic mass is 10.1. The van der Waals surface area contributed by atoms with Crippen molar-refractivity contribution < 1.29 is 19.1 Å². The normalized spacial score (nSPS) is 16.3. The Morgan fingerprint density at radius 1 is 1.14 bits per heavy atom. The molecule has 0 bridgehead atoms. The molecule has 0 spiro atoms. The molecule has 0 aromatic heterocycles. The van der Waals surface area contributed by atoms with Gasteiger partial charge in [-0.25, -0.2) is 0 Å². The van der Waals surface area contributed by atoms with Gasteiger partial charge in [0.25, 0.3) is 0 Å². The number of ether oxygens (including phenoxy) is 2. The Bertz CT molecular complexity index is 880. The van der Waals surface area contributed by atoms with Crippen LogP contribution in [-0.4, -0.2) is 44.0 Å². The van der Waals surface area contributed by atoms with Crippen molar-refractivity contribution in [1.82, 2.24) is 10.2 Å². The molecule has 2 aromatic carbocycles. The lowest BCUT2D eigenvalue weighted by molar-refractivity contribution is -0.128. The largest absolute Gasteiger partial charge is 0.493 e. The summed E-state index contributed by atoms with van der Waals surface area (Å²) >= 11 is 0. The number of hydrogen-bond acceptors (Lipinski definition) is 4. The molecule has 1 atom stereocenters. The van der Waals surface area contributed by atoms with Crippen LogP contribution in [0.4, 0.5) is 0 Å². The van der Waals surface area contributed by atoms with E-state index >= 15 is 0 Å². The highest BCUT2D eigenvalue weighted by Gasteiger charge is 2.29. The van der Waals surface area contributed by atoms with Gasteiger partial charge in [-0.2, -0.15) is 0 Å². The summed E-state index contributed by atoms with van der Waals surface area (Å²) < 4.78 is 10.5. The fourth-order valence-electron chi connectivity index (χ4n) is 3.38. The summed E-state index contributed by atoms with van der Waals surface area (Å²) in [6.07, 6.45) is 3.67. The third kappa shape index (κ3) is 5.60. The number of rotatable bonds is 8. The molecular formula is C23H26N2O4. The third-order valence-corrected chi connectivity index (χ3v) is 4.91. The van der Waals surface area contributed by atoms with Gasteiger partial charge in [0.05, 0.1) is 14.2 Å². The maximum atomic E-state index is 12.2. The standard InChI is InChI=1S/C23H26N2O4/c1-28-20-10-8-17(12-21(20)29-2)9-11-22(26)24-14-19-13-23(27)25(16-19)15-18-6-4-3-5-7-18/h3-12,19H,13-16H2,1-2H3,(H,24,26)/b11-9-. The third-order valence-electron chi connectivity index (χ3n) is 4.91. The molecule has 0 aliphatic carbocycles. The Morgan fingerprint density at radius 3 is 2.62 bits per heavy atom. The van der Waals surface area contributed by atoms with Crippen molar-refractivity contribution in [3.8, 4) is 11.5 Å². The van der Waals surface area contributed by atoms with Crippen LogP contribution >= 0.6 is 0 Å². The minimum atomic E-state index is -0.186. The van der Waals surface area contributed by atoms with E-state index in [1.54, 1.807) is 32.4 Å². The molecule has 3 rings (SSSR count). The van der Waals surface area contributed by atoms with E-state index in [1.165, 1.54) is 6.08 Å². The molecule has 0 saturated carbocycles. The highest BCUT2D eigenvalue weighted by atomic mass is 16.5. The fourth-order valence-corrected chi connectivity index (χ4v) is 3.38. The van der Waals surface area contributed by atoms with Gasteiger partial charge in [0, 0.05) is 38.0 Å². The van der Waals surface area contributed by atoms with Crippen LogP contribution in [0.2, 0.25) is 0 Å². The molecule has 1 unspecified atom stereocenters. The number of nitrogens with zero attached hydrogens (tertiary/aromatic N) is 1. The minimum absolute atomic E-state index is 0.129. The number of hydrogen-bond donors (Lipinski definition) is 1. The van der Waals surface area contributed by atoms with Crippen LogP contribution in [0.25, 0.3) is 6.08 Å². The van der Waals surface area contributed by atoms with Crippen molar-refractivity contribution in [3.63, 3.8) is 0 Å². The van der Waals surface area contributed by atoms with Crippen molar-refractivity contribution in [1.29, 1.82) is 0 Å². The fraction of sp³-hybridized carbons (Fsp3) is 0.304. The Morgan fingerprint density at radius 2 is 1.90 bits per heavy atom. The summed E-state index contributed by atoms with van der Waals surface area (Å²) in [6.45, 7) is 1.75. The lowest BCUT2D eigenvalue weighted by Crippen LogP contribution is -2.30. The summed E-state index contributed by atoms with van der Waals surface area (Å²) in [5, 5.41) is 2.89. The molecule has 152 valence electrons. The Kier molecular flexibility index (Phi) is 6.89. The molecule has 1 aliphatic heterocycles. The van der Waals surface area contributed by atoms with Gasteiger partial charge in [-0.15, -0.1) is 0 Å². The molecule has 0 radical (unpaired) electrons. The number of amides is 2. The van der Waals surface area contributed by atoms with Crippen LogP contribution < -0.4 is 14.8 Å². The van der Waals surface area contributed by atoms with E-state index in [4.69, 9.17) is 9.47 Å². The van der Waals surface area contributed by atoms with Gasteiger partial charge in [-0.05, 0) is 29.3 Å². The van der Waals surface area contributed by atoms with Gasteiger partial charge >= 0.3 is 0 Å². The highest BCUT2D eigenvalue weighted by Crippen LogP contribution is 2.28. The van der Waals surface area contributed by atoms with Crippen LogP contribution in [-0.2, 0) is 16.1 Å². The average Bonchev–Trinajstić information content (AvgIpc) is 3.10. The Balaban J connectivity index is 1.48. The Hall–Kier alpha value is -3.28. The number of nitrogens with one attached hydrogen (secondary N) is 1. The predicted octanol–water partition coefficient (Wildman–Crippen LogP) is 2.88. The van der Waals surface area contributed by atoms with Crippen LogP contribution in [0, 0.1) is 5.92 Å². The van der Waals surface area contributed by atoms with Crippen molar-refractivity contribution in [2.24, 2.45) is 5.92 Å². The zero-order valence-corrected chi connectivity index (χ0v) is 16.8. The van der Waals surface area contributed by atoms with Crippen LogP contribution in [0.1, 0.15) is 17.5 Å². The number of benzene rings is 2. The van der Waals surface area contributed by atoms with Crippen molar-refractivity contribution in [2.45, 2.75) is 13.0 Å². The molecular weight excluding hydrogens is 368 g/mol. The van der Waals surface area contributed by atoms with Crippen LogP contribution in [0.5, 0.6) is 11.5 Å². The SMILES string of the molecule is COc1ccc(/C=C\C(=O)NCC2CC(=O)N(Cc3ccccc3)C2)cc1OC. The highest BCUT2D eigenvalue weighted by molar-refractivity contribution is 5.91. The molecule has 6 nitrogen and oxygen atoms in total. The molecule has 1 N–H and O–H groups in total. The first kappa shape index (κ1) is 20.5. The smallest absolute Gasteiger partial charge is 0.244 e. The molecule has 1 heterocycles. The second kappa shape index (κ2) is 9.78. The number of likely N-dealkylation sites (tertiary alicyclic amines) is 1. The van der Waals surface area contributed by atoms with E-state index < -0.39 is 0 Å². The maximum absolute atomic E-state index is 12.2. The second-order valence-corrected chi connectivity index (χ2v) is 7.02. The lowest BCUT2D eigenvalue weighted by Gasteiger charge is -2.16. The average molecular weight is 394 g/mol. The van der Waals surface area contributed by atoms with E-state index in [0.717, 1.165) is 11.1 Å². The Labute approximate surface area is 171 Å². The summed E-state index contributed by atoms with van der Waals surface area (Å²) in [6, 6.07) is 15.4. The zero-order valence-electron chi connectivity index (χ0n) is 16.8. The first-order valence-corrected chi connectivity index (χ1v) is 9.58. The van der Waals surface area contributed by atoms with E-state index in [1.807, 2.05) is 41.3 Å². The van der Waals surface area contributed by atoms with Crippen molar-refractivity contribution in [2.75, 3.05) is 27.3 Å². The summed E-state index contributed by atoms with van der Waals surface area (Å²) in [5.41, 5.74) is 1.95. The van der Waals surface area contributed by atoms with E-state index in [9.17, 15) is 9.59 Å². The van der Waals surface area contributed by atoms with Crippen LogP contribution in [0.3, 0.4) is 0 Å². The zero-order chi connectivity index (χ0) is 20.6. The number of methoxy groups -OCH3 is 2. The maximum Gasteiger partial charge on any atom is 0.244 e. The van der Waals surface area contributed by atoms with Gasteiger partial charge in [0.1, 0.15) is 0 Å². The summed E-state index contributed by atoms with van der Waals surface area (Å²) in [5.74, 6) is 1.32. The molecule has 2 amide bonds. The molecule has 29 heavy (non-hydrogen) atoms. The van der Waals surface area contributed by atoms with Gasteiger partial charge in [0.2, 0.25) is 11.8 Å². The van der Waals surface area contributed by atoms with Gasteiger partial charge < -0.3 is 19.7 Å². The topological polar surface area (TPSA) is 67.9 Å². The number of carbonyl (C=O) groups excluding carboxylic acids is 2. The summed E-state index contributed by atoms with van der Waals surface area (Å²) in [4.78, 5) is 26.2. The van der Waals surface area contributed by atoms with E-state index in [-0.39, 0.29) is 17.7 Å². The minimum Gasteiger partial charge on any atom is -0.493 e. The van der Waals surface area contributed by atoms with Crippen LogP contribution in [0.15, 0.2) is 54.6 Å². The second-order valence-electron chi connectivity index (χ2n) is 7.02. The van der Waals surface area contributed by atoms with Crippen molar-refractivity contribution in [3.05, 3.63) is 65.7 Å². The van der Waals surface area contributed by atoms with Gasteiger partial charge in [-0.1, -0.05) is 36.4 Å². The molecule has 1 aliphatic rings. The molecule has 2 aromatic rings. The first-order chi connectivity index (χ1) is 14.1. The van der Waals surface area contributed by atoms with Gasteiger partial charge in [-0.3, -0.25) is 9.59 Å². The van der Waals surface area contributed by atoms with E-state index in [2.05, 4.69) is 5.32 Å². The predicted molar refractivity (Wildman–Crippen MR) is 112 cm³/mol. The first-order valence-electron chi connectivity index (χ1n) is 9.58. The monoisotopic (exact) mass is 394 g/mol. The molecule has 1 saturated heterocycles. The number of carbonyl (C=O) groups is 2. The van der Waals surface area contributed by atoms with Gasteiger partial charge in [0.15, 0.2) is 11.5 Å².